The van der Waals surface area contributed by atoms with Crippen LogP contribution in [0.2, 0.25) is 0 Å². The summed E-state index contributed by atoms with van der Waals surface area (Å²) in [6.07, 6.45) is 0.439. The summed E-state index contributed by atoms with van der Waals surface area (Å²) >= 11 is 0. The van der Waals surface area contributed by atoms with Gasteiger partial charge in [-0.05, 0) is 25.2 Å². The van der Waals surface area contributed by atoms with E-state index in [0.29, 0.717) is 12.3 Å². The molecule has 0 heterocycles. The molecule has 0 saturated carbocycles. The third kappa shape index (κ3) is 6.06. The summed E-state index contributed by atoms with van der Waals surface area (Å²) in [5.74, 6) is 0.670. The molecule has 2 N–H and O–H groups in total. The normalized spacial score (nSPS) is 14.2. The summed E-state index contributed by atoms with van der Waals surface area (Å²) in [6, 6.07) is 0.167. The largest absolute Gasteiger partial charge is 0.340 e. The molecule has 0 radical (unpaired) electrons. The summed E-state index contributed by atoms with van der Waals surface area (Å²) < 4.78 is 0. The Hall–Kier alpha value is -0.570. The SMILES string of the molecule is CC(C)CN(C(=O)CC(N)C(C)(C)C)C(C)C. The summed E-state index contributed by atoms with van der Waals surface area (Å²) in [4.78, 5) is 14.2. The minimum atomic E-state index is -0.0802. The van der Waals surface area contributed by atoms with Crippen LogP contribution in [0.25, 0.3) is 0 Å². The Morgan fingerprint density at radius 1 is 1.18 bits per heavy atom. The lowest BCUT2D eigenvalue weighted by Crippen LogP contribution is -2.45. The van der Waals surface area contributed by atoms with Gasteiger partial charge in [-0.3, -0.25) is 4.79 Å². The van der Waals surface area contributed by atoms with Crippen LogP contribution in [0.3, 0.4) is 0 Å². The van der Waals surface area contributed by atoms with Crippen molar-refractivity contribution in [1.82, 2.24) is 4.90 Å². The molecule has 0 spiro atoms. The molecule has 1 amide bonds. The number of rotatable bonds is 5. The highest BCUT2D eigenvalue weighted by Gasteiger charge is 2.26. The molecule has 0 aliphatic carbocycles. The first-order valence-corrected chi connectivity index (χ1v) is 6.60. The van der Waals surface area contributed by atoms with Gasteiger partial charge in [0.05, 0.1) is 0 Å². The van der Waals surface area contributed by atoms with Gasteiger partial charge >= 0.3 is 0 Å². The molecular formula is C14H30N2O. The van der Waals surface area contributed by atoms with E-state index in [4.69, 9.17) is 5.73 Å². The number of carbonyl (C=O) groups is 1. The number of carbonyl (C=O) groups excluding carboxylic acids is 1. The molecule has 0 aliphatic rings. The minimum absolute atomic E-state index is 0.0177. The van der Waals surface area contributed by atoms with E-state index >= 15 is 0 Å². The maximum Gasteiger partial charge on any atom is 0.224 e. The van der Waals surface area contributed by atoms with Crippen LogP contribution < -0.4 is 5.73 Å². The van der Waals surface area contributed by atoms with Crippen LogP contribution in [0.5, 0.6) is 0 Å². The van der Waals surface area contributed by atoms with Gasteiger partial charge in [0.2, 0.25) is 5.91 Å². The molecular weight excluding hydrogens is 212 g/mol. The molecule has 0 bridgehead atoms. The van der Waals surface area contributed by atoms with E-state index in [-0.39, 0.29) is 23.4 Å². The molecule has 0 aromatic heterocycles. The Kier molecular flexibility index (Phi) is 6.17. The Balaban J connectivity index is 4.54. The van der Waals surface area contributed by atoms with Crippen molar-refractivity contribution in [2.45, 2.75) is 67.0 Å². The fraction of sp³-hybridized carbons (Fsp3) is 0.929. The van der Waals surface area contributed by atoms with Crippen LogP contribution in [0, 0.1) is 11.3 Å². The van der Waals surface area contributed by atoms with E-state index in [9.17, 15) is 4.79 Å². The number of nitrogens with zero attached hydrogens (tertiary/aromatic N) is 1. The smallest absolute Gasteiger partial charge is 0.224 e. The average molecular weight is 242 g/mol. The molecule has 0 fully saturated rings. The first-order valence-electron chi connectivity index (χ1n) is 6.60. The van der Waals surface area contributed by atoms with E-state index in [1.807, 2.05) is 4.90 Å². The molecule has 1 unspecified atom stereocenters. The second-order valence-corrected chi connectivity index (χ2v) is 6.71. The second kappa shape index (κ2) is 6.39. The highest BCUT2D eigenvalue weighted by atomic mass is 16.2. The molecule has 102 valence electrons. The van der Waals surface area contributed by atoms with Gasteiger partial charge in [0.25, 0.3) is 0 Å². The standard InChI is InChI=1S/C14H30N2O/c1-10(2)9-16(11(3)4)13(17)8-12(15)14(5,6)7/h10-12H,8-9,15H2,1-7H3. The molecule has 0 saturated heterocycles. The number of nitrogens with two attached hydrogens (primary N) is 1. The zero-order valence-corrected chi connectivity index (χ0v) is 12.6. The van der Waals surface area contributed by atoms with Crippen LogP contribution in [0.1, 0.15) is 54.9 Å². The lowest BCUT2D eigenvalue weighted by atomic mass is 9.85. The quantitative estimate of drug-likeness (QED) is 0.805. The van der Waals surface area contributed by atoms with E-state index in [0.717, 1.165) is 6.54 Å². The number of hydrogen-bond donors (Lipinski definition) is 1. The van der Waals surface area contributed by atoms with E-state index in [1.165, 1.54) is 0 Å². The lowest BCUT2D eigenvalue weighted by Gasteiger charge is -2.32. The third-order valence-electron chi connectivity index (χ3n) is 3.01. The molecule has 3 heteroatoms. The molecule has 17 heavy (non-hydrogen) atoms. The van der Waals surface area contributed by atoms with Crippen molar-refractivity contribution in [3.8, 4) is 0 Å². The predicted molar refractivity (Wildman–Crippen MR) is 73.7 cm³/mol. The van der Waals surface area contributed by atoms with Gasteiger partial charge in [0, 0.05) is 25.0 Å². The van der Waals surface area contributed by atoms with Crippen LogP contribution >= 0.6 is 0 Å². The highest BCUT2D eigenvalue weighted by Crippen LogP contribution is 2.21. The van der Waals surface area contributed by atoms with Crippen molar-refractivity contribution in [2.75, 3.05) is 6.54 Å². The van der Waals surface area contributed by atoms with Crippen molar-refractivity contribution in [2.24, 2.45) is 17.1 Å². The molecule has 0 aliphatic heterocycles. The zero-order chi connectivity index (χ0) is 13.8. The van der Waals surface area contributed by atoms with Crippen LogP contribution in [-0.4, -0.2) is 29.4 Å². The first kappa shape index (κ1) is 16.4. The van der Waals surface area contributed by atoms with Gasteiger partial charge in [-0.25, -0.2) is 0 Å². The maximum atomic E-state index is 12.2. The number of amides is 1. The zero-order valence-electron chi connectivity index (χ0n) is 12.6. The third-order valence-corrected chi connectivity index (χ3v) is 3.01. The van der Waals surface area contributed by atoms with Crippen LogP contribution in [-0.2, 0) is 4.79 Å². The number of hydrogen-bond acceptors (Lipinski definition) is 2. The van der Waals surface area contributed by atoms with Gasteiger partial charge in [0.1, 0.15) is 0 Å². The fourth-order valence-corrected chi connectivity index (χ4v) is 1.61. The van der Waals surface area contributed by atoms with Crippen molar-refractivity contribution in [3.05, 3.63) is 0 Å². The van der Waals surface area contributed by atoms with Gasteiger partial charge in [-0.15, -0.1) is 0 Å². The van der Waals surface area contributed by atoms with Crippen LogP contribution in [0.15, 0.2) is 0 Å². The molecule has 1 atom stereocenters. The Morgan fingerprint density at radius 2 is 1.65 bits per heavy atom. The minimum Gasteiger partial charge on any atom is -0.340 e. The average Bonchev–Trinajstić information content (AvgIpc) is 2.11. The molecule has 0 aromatic rings. The van der Waals surface area contributed by atoms with Crippen molar-refractivity contribution in [3.63, 3.8) is 0 Å². The highest BCUT2D eigenvalue weighted by molar-refractivity contribution is 5.77. The summed E-state index contributed by atoms with van der Waals surface area (Å²) in [5.41, 5.74) is 6.06. The van der Waals surface area contributed by atoms with E-state index in [2.05, 4.69) is 48.5 Å². The molecule has 0 aromatic carbocycles. The fourth-order valence-electron chi connectivity index (χ4n) is 1.61. The summed E-state index contributed by atoms with van der Waals surface area (Å²) in [6.45, 7) is 15.4. The first-order chi connectivity index (χ1) is 7.55. The summed E-state index contributed by atoms with van der Waals surface area (Å²) in [5, 5.41) is 0. The molecule has 3 nitrogen and oxygen atoms in total. The van der Waals surface area contributed by atoms with Gasteiger partial charge in [0.15, 0.2) is 0 Å². The Bertz CT molecular complexity index is 241. The van der Waals surface area contributed by atoms with Crippen molar-refractivity contribution < 1.29 is 4.79 Å². The van der Waals surface area contributed by atoms with E-state index < -0.39 is 0 Å². The van der Waals surface area contributed by atoms with Crippen molar-refractivity contribution in [1.29, 1.82) is 0 Å². The Morgan fingerprint density at radius 3 is 1.94 bits per heavy atom. The maximum absolute atomic E-state index is 12.2. The monoisotopic (exact) mass is 242 g/mol. The Labute approximate surface area is 107 Å². The molecule has 0 rings (SSSR count). The van der Waals surface area contributed by atoms with Gasteiger partial charge in [-0.1, -0.05) is 34.6 Å². The van der Waals surface area contributed by atoms with E-state index in [1.54, 1.807) is 0 Å². The lowest BCUT2D eigenvalue weighted by molar-refractivity contribution is -0.134. The van der Waals surface area contributed by atoms with Gasteiger partial charge in [-0.2, -0.15) is 0 Å². The van der Waals surface area contributed by atoms with Crippen LogP contribution in [0.4, 0.5) is 0 Å². The van der Waals surface area contributed by atoms with Crippen molar-refractivity contribution >= 4 is 5.91 Å². The summed E-state index contributed by atoms with van der Waals surface area (Å²) in [7, 11) is 0. The second-order valence-electron chi connectivity index (χ2n) is 6.71. The predicted octanol–water partition coefficient (Wildman–Crippen LogP) is 2.64. The topological polar surface area (TPSA) is 46.3 Å². The van der Waals surface area contributed by atoms with Gasteiger partial charge < -0.3 is 10.6 Å².